The fraction of sp³-hybridized carbons (Fsp3) is 0.286. The molecule has 28 heavy (non-hydrogen) atoms. The van der Waals surface area contributed by atoms with Crippen molar-refractivity contribution >= 4 is 35.1 Å². The highest BCUT2D eigenvalue weighted by molar-refractivity contribution is 8.00. The van der Waals surface area contributed by atoms with E-state index in [0.29, 0.717) is 17.0 Å². The van der Waals surface area contributed by atoms with Crippen molar-refractivity contribution in [3.8, 4) is 5.75 Å². The zero-order valence-electron chi connectivity index (χ0n) is 15.2. The Labute approximate surface area is 166 Å². The van der Waals surface area contributed by atoms with E-state index in [2.05, 4.69) is 17.4 Å². The number of aryl methyl sites for hydroxylation is 2. The average molecular weight is 397 g/mol. The van der Waals surface area contributed by atoms with E-state index in [0.717, 1.165) is 17.7 Å². The summed E-state index contributed by atoms with van der Waals surface area (Å²) in [6, 6.07) is 11.0. The Morgan fingerprint density at radius 3 is 2.86 bits per heavy atom. The summed E-state index contributed by atoms with van der Waals surface area (Å²) in [7, 11) is 0. The molecule has 0 saturated heterocycles. The van der Waals surface area contributed by atoms with Crippen LogP contribution in [-0.2, 0) is 27.2 Å². The molecule has 0 aromatic heterocycles. The van der Waals surface area contributed by atoms with Crippen LogP contribution >= 0.6 is 11.8 Å². The summed E-state index contributed by atoms with van der Waals surface area (Å²) in [5.41, 5.74) is 3.55. The van der Waals surface area contributed by atoms with Gasteiger partial charge in [-0.3, -0.25) is 14.4 Å². The molecule has 0 bridgehead atoms. The third-order valence-electron chi connectivity index (χ3n) is 4.73. The first-order valence-electron chi connectivity index (χ1n) is 9.08. The third-order valence-corrected chi connectivity index (χ3v) is 5.69. The monoisotopic (exact) mass is 397 g/mol. The number of benzene rings is 2. The van der Waals surface area contributed by atoms with Gasteiger partial charge in [0, 0.05) is 10.5 Å². The molecule has 1 aliphatic carbocycles. The summed E-state index contributed by atoms with van der Waals surface area (Å²) in [4.78, 5) is 36.7. The quantitative estimate of drug-likeness (QED) is 0.458. The molecule has 0 saturated carbocycles. The number of anilines is 1. The minimum Gasteiger partial charge on any atom is -0.482 e. The largest absolute Gasteiger partial charge is 0.482 e. The van der Waals surface area contributed by atoms with E-state index in [1.54, 1.807) is 12.1 Å². The van der Waals surface area contributed by atoms with Crippen LogP contribution in [0.4, 0.5) is 5.69 Å². The highest BCUT2D eigenvalue weighted by Gasteiger charge is 2.19. The molecule has 6 nitrogen and oxygen atoms in total. The lowest BCUT2D eigenvalue weighted by molar-refractivity contribution is -0.139. The molecule has 144 valence electrons. The number of nitrogens with one attached hydrogen (secondary N) is 1. The summed E-state index contributed by atoms with van der Waals surface area (Å²) in [6.07, 6.45) is 3.41. The predicted molar refractivity (Wildman–Crippen MR) is 105 cm³/mol. The molecule has 7 heteroatoms. The number of ketones is 1. The van der Waals surface area contributed by atoms with Crippen molar-refractivity contribution in [1.29, 1.82) is 0 Å². The van der Waals surface area contributed by atoms with E-state index in [-0.39, 0.29) is 30.7 Å². The summed E-state index contributed by atoms with van der Waals surface area (Å²) in [5, 5.41) is 2.65. The first-order chi connectivity index (χ1) is 13.6. The number of fused-ring (bicyclic) bond motifs is 2. The molecule has 2 aromatic carbocycles. The van der Waals surface area contributed by atoms with Gasteiger partial charge in [0.1, 0.15) is 5.75 Å². The summed E-state index contributed by atoms with van der Waals surface area (Å²) in [6.45, 7) is -0.378. The molecule has 1 aliphatic heterocycles. The van der Waals surface area contributed by atoms with E-state index in [9.17, 15) is 14.4 Å². The molecule has 1 N–H and O–H groups in total. The van der Waals surface area contributed by atoms with Gasteiger partial charge in [-0.1, -0.05) is 6.07 Å². The van der Waals surface area contributed by atoms with Crippen molar-refractivity contribution in [2.24, 2.45) is 0 Å². The number of hydrogen-bond acceptors (Lipinski definition) is 6. The highest BCUT2D eigenvalue weighted by Crippen LogP contribution is 2.29. The van der Waals surface area contributed by atoms with Crippen molar-refractivity contribution in [3.05, 3.63) is 53.1 Å². The predicted octanol–water partition coefficient (Wildman–Crippen LogP) is 3.02. The van der Waals surface area contributed by atoms with Crippen LogP contribution in [0.2, 0.25) is 0 Å². The van der Waals surface area contributed by atoms with Crippen molar-refractivity contribution in [3.63, 3.8) is 0 Å². The summed E-state index contributed by atoms with van der Waals surface area (Å²) >= 11 is 1.41. The number of Topliss-reactive ketones (excluding diaryl/α,β-unsaturated/α-hetero) is 1. The lowest BCUT2D eigenvalue weighted by Gasteiger charge is -2.18. The fourth-order valence-corrected chi connectivity index (χ4v) is 4.07. The molecular formula is C21H19NO5S. The van der Waals surface area contributed by atoms with Crippen molar-refractivity contribution in [2.75, 3.05) is 24.3 Å². The maximum absolute atomic E-state index is 12.3. The molecule has 1 amide bonds. The van der Waals surface area contributed by atoms with E-state index in [1.165, 1.54) is 35.4 Å². The minimum atomic E-state index is -0.437. The number of carbonyl (C=O) groups excluding carboxylic acids is 3. The van der Waals surface area contributed by atoms with Gasteiger partial charge < -0.3 is 14.8 Å². The lowest BCUT2D eigenvalue weighted by atomic mass is 10.1. The highest BCUT2D eigenvalue weighted by atomic mass is 32.2. The molecule has 0 radical (unpaired) electrons. The fourth-order valence-electron chi connectivity index (χ4n) is 3.31. The SMILES string of the molecule is O=C1COc2ccc(C(=O)COC(=O)CSc3ccc4c(c3)CCC4)cc2N1. The number of carbonyl (C=O) groups is 3. The lowest BCUT2D eigenvalue weighted by Crippen LogP contribution is -2.25. The molecule has 2 aromatic rings. The Hall–Kier alpha value is -2.80. The van der Waals surface area contributed by atoms with Crippen LogP contribution in [0.5, 0.6) is 5.75 Å². The number of thioether (sulfide) groups is 1. The molecule has 0 spiro atoms. The van der Waals surface area contributed by atoms with Gasteiger partial charge in [0.2, 0.25) is 0 Å². The van der Waals surface area contributed by atoms with Crippen LogP contribution in [0.25, 0.3) is 0 Å². The van der Waals surface area contributed by atoms with Crippen molar-refractivity contribution < 1.29 is 23.9 Å². The van der Waals surface area contributed by atoms with Crippen LogP contribution in [0.3, 0.4) is 0 Å². The summed E-state index contributed by atoms with van der Waals surface area (Å²) < 4.78 is 10.4. The van der Waals surface area contributed by atoms with E-state index in [1.807, 2.05) is 6.07 Å². The summed E-state index contributed by atoms with van der Waals surface area (Å²) in [5.74, 6) is -0.377. The Kier molecular flexibility index (Phi) is 5.34. The zero-order valence-corrected chi connectivity index (χ0v) is 16.0. The molecule has 0 fully saturated rings. The van der Waals surface area contributed by atoms with Gasteiger partial charge in [0.25, 0.3) is 5.91 Å². The van der Waals surface area contributed by atoms with Crippen LogP contribution < -0.4 is 10.1 Å². The smallest absolute Gasteiger partial charge is 0.316 e. The maximum Gasteiger partial charge on any atom is 0.316 e. The Morgan fingerprint density at radius 2 is 1.96 bits per heavy atom. The standard InChI is InChI=1S/C21H19NO5S/c23-18(15-5-7-19-17(9-15)22-20(24)11-26-19)10-27-21(25)12-28-16-6-4-13-2-1-3-14(13)8-16/h4-9H,1-3,10-12H2,(H,22,24). The number of rotatable bonds is 6. The third kappa shape index (κ3) is 4.20. The van der Waals surface area contributed by atoms with E-state index in [4.69, 9.17) is 9.47 Å². The van der Waals surface area contributed by atoms with Crippen LogP contribution in [0.1, 0.15) is 27.9 Å². The van der Waals surface area contributed by atoms with Gasteiger partial charge in [-0.05, 0) is 60.7 Å². The first-order valence-corrected chi connectivity index (χ1v) is 10.1. The van der Waals surface area contributed by atoms with Gasteiger partial charge in [0.05, 0.1) is 11.4 Å². The van der Waals surface area contributed by atoms with E-state index >= 15 is 0 Å². The van der Waals surface area contributed by atoms with Crippen molar-refractivity contribution in [1.82, 2.24) is 0 Å². The second-order valence-corrected chi connectivity index (χ2v) is 7.75. The molecule has 4 rings (SSSR count). The van der Waals surface area contributed by atoms with Gasteiger partial charge in [-0.25, -0.2) is 0 Å². The van der Waals surface area contributed by atoms with E-state index < -0.39 is 5.97 Å². The Balaban J connectivity index is 1.28. The van der Waals surface area contributed by atoms with Gasteiger partial charge >= 0.3 is 5.97 Å². The van der Waals surface area contributed by atoms with Crippen LogP contribution in [0.15, 0.2) is 41.3 Å². The molecule has 0 atom stereocenters. The van der Waals surface area contributed by atoms with Crippen LogP contribution in [-0.4, -0.2) is 36.6 Å². The topological polar surface area (TPSA) is 81.7 Å². The average Bonchev–Trinajstić information content (AvgIpc) is 3.17. The number of ether oxygens (including phenoxy) is 2. The number of amides is 1. The first kappa shape index (κ1) is 18.6. The van der Waals surface area contributed by atoms with Gasteiger partial charge in [-0.2, -0.15) is 0 Å². The molecule has 2 aliphatic rings. The molecule has 0 unspecified atom stereocenters. The normalized spacial score (nSPS) is 14.5. The van der Waals surface area contributed by atoms with Crippen molar-refractivity contribution in [2.45, 2.75) is 24.2 Å². The second-order valence-electron chi connectivity index (χ2n) is 6.70. The number of hydrogen-bond donors (Lipinski definition) is 1. The Morgan fingerprint density at radius 1 is 1.11 bits per heavy atom. The number of esters is 1. The molecule has 1 heterocycles. The minimum absolute atomic E-state index is 0.0419. The second kappa shape index (κ2) is 8.06. The maximum atomic E-state index is 12.3. The zero-order chi connectivity index (χ0) is 19.5. The Bertz CT molecular complexity index is 956. The van der Waals surface area contributed by atoms with Gasteiger partial charge in [0.15, 0.2) is 19.0 Å². The molecular weight excluding hydrogens is 378 g/mol. The van der Waals surface area contributed by atoms with Gasteiger partial charge in [-0.15, -0.1) is 11.8 Å². The van der Waals surface area contributed by atoms with Crippen LogP contribution in [0, 0.1) is 0 Å².